The van der Waals surface area contributed by atoms with Crippen LogP contribution in [0.2, 0.25) is 0 Å². The van der Waals surface area contributed by atoms with Gasteiger partial charge in [0.25, 0.3) is 0 Å². The lowest BCUT2D eigenvalue weighted by Gasteiger charge is -2.28. The van der Waals surface area contributed by atoms with E-state index in [0.29, 0.717) is 18.1 Å². The lowest BCUT2D eigenvalue weighted by Crippen LogP contribution is -2.23. The monoisotopic (exact) mass is 398 g/mol. The molecule has 3 rings (SSSR count). The molecule has 1 aliphatic heterocycles. The molecule has 4 heteroatoms. The van der Waals surface area contributed by atoms with Gasteiger partial charge in [0.2, 0.25) is 5.82 Å². The summed E-state index contributed by atoms with van der Waals surface area (Å²) in [5.41, 5.74) is 2.02. The van der Waals surface area contributed by atoms with Gasteiger partial charge in [0.1, 0.15) is 6.61 Å². The topological polar surface area (TPSA) is 18.5 Å². The van der Waals surface area contributed by atoms with Gasteiger partial charge in [0.15, 0.2) is 11.6 Å². The number of rotatable bonds is 8. The summed E-state index contributed by atoms with van der Waals surface area (Å²) in [7, 11) is 0. The summed E-state index contributed by atoms with van der Waals surface area (Å²) in [6.07, 6.45) is 10.3. The summed E-state index contributed by atoms with van der Waals surface area (Å²) in [5, 5.41) is 0. The Balaban J connectivity index is 1.66. The highest BCUT2D eigenvalue weighted by molar-refractivity contribution is 5.65. The molecule has 2 atom stereocenters. The van der Waals surface area contributed by atoms with Gasteiger partial charge in [-0.25, -0.2) is 4.39 Å². The van der Waals surface area contributed by atoms with Crippen molar-refractivity contribution in [1.82, 2.24) is 0 Å². The molecule has 0 N–H and O–H groups in total. The molecule has 2 unspecified atom stereocenters. The van der Waals surface area contributed by atoms with Crippen molar-refractivity contribution in [3.05, 3.63) is 78.4 Å². The predicted octanol–water partition coefficient (Wildman–Crippen LogP) is 6.82. The summed E-state index contributed by atoms with van der Waals surface area (Å²) in [6.45, 7) is 6.48. The number of halogens is 2. The third-order valence-corrected chi connectivity index (χ3v) is 5.21. The highest BCUT2D eigenvalue weighted by atomic mass is 19.2. The molecule has 1 aliphatic rings. The molecule has 29 heavy (non-hydrogen) atoms. The molecule has 0 aromatic heterocycles. The van der Waals surface area contributed by atoms with Crippen LogP contribution in [-0.2, 0) is 4.74 Å². The molecule has 0 bridgehead atoms. The van der Waals surface area contributed by atoms with Crippen molar-refractivity contribution in [2.45, 2.75) is 44.6 Å². The molecule has 2 aromatic carbocycles. The lowest BCUT2D eigenvalue weighted by atomic mass is 9.90. The fraction of sp³-hybridized carbons (Fsp3) is 0.360. The van der Waals surface area contributed by atoms with Crippen molar-refractivity contribution in [1.29, 1.82) is 0 Å². The van der Waals surface area contributed by atoms with E-state index in [9.17, 15) is 8.78 Å². The van der Waals surface area contributed by atoms with Gasteiger partial charge < -0.3 is 9.47 Å². The molecule has 0 saturated carbocycles. The van der Waals surface area contributed by atoms with Gasteiger partial charge in [0.05, 0.1) is 12.7 Å². The smallest absolute Gasteiger partial charge is 0.201 e. The van der Waals surface area contributed by atoms with E-state index in [1.54, 1.807) is 6.07 Å². The zero-order valence-electron chi connectivity index (χ0n) is 16.9. The Kier molecular flexibility index (Phi) is 7.59. The maximum Gasteiger partial charge on any atom is 0.201 e. The minimum Gasteiger partial charge on any atom is -0.486 e. The molecule has 0 amide bonds. The normalized spacial score (nSPS) is 19.4. The maximum atomic E-state index is 14.5. The van der Waals surface area contributed by atoms with Gasteiger partial charge in [0, 0.05) is 11.5 Å². The molecule has 154 valence electrons. The van der Waals surface area contributed by atoms with Crippen LogP contribution in [0.15, 0.2) is 61.2 Å². The van der Waals surface area contributed by atoms with Crippen LogP contribution in [0.4, 0.5) is 8.78 Å². The first kappa shape index (κ1) is 21.3. The summed E-state index contributed by atoms with van der Waals surface area (Å²) >= 11 is 0. The van der Waals surface area contributed by atoms with Gasteiger partial charge >= 0.3 is 0 Å². The number of allylic oxidation sites excluding steroid dienone is 1. The molecule has 0 aliphatic carbocycles. The molecule has 0 spiro atoms. The predicted molar refractivity (Wildman–Crippen MR) is 113 cm³/mol. The molecule has 0 radical (unpaired) electrons. The number of hydrogen-bond acceptors (Lipinski definition) is 2. The van der Waals surface area contributed by atoms with E-state index in [0.717, 1.165) is 31.2 Å². The van der Waals surface area contributed by atoms with Gasteiger partial charge in [-0.3, -0.25) is 0 Å². The fourth-order valence-electron chi connectivity index (χ4n) is 3.55. The highest BCUT2D eigenvalue weighted by Gasteiger charge is 2.22. The van der Waals surface area contributed by atoms with E-state index in [1.165, 1.54) is 12.1 Å². The SMILES string of the molecule is C=CCOc1ccc(-c2ccc(C3CCC(/C=C/CCC)OC3)cc2)c(F)c1F. The van der Waals surface area contributed by atoms with Gasteiger partial charge in [-0.15, -0.1) is 0 Å². The Labute approximate surface area is 171 Å². The second-order valence-electron chi connectivity index (χ2n) is 7.32. The lowest BCUT2D eigenvalue weighted by molar-refractivity contribution is 0.0326. The van der Waals surface area contributed by atoms with Crippen molar-refractivity contribution < 1.29 is 18.3 Å². The van der Waals surface area contributed by atoms with Crippen molar-refractivity contribution in [2.24, 2.45) is 0 Å². The molecular weight excluding hydrogens is 370 g/mol. The summed E-state index contributed by atoms with van der Waals surface area (Å²) in [5.74, 6) is -1.65. The minimum atomic E-state index is -0.976. The van der Waals surface area contributed by atoms with Crippen molar-refractivity contribution in [2.75, 3.05) is 13.2 Å². The average Bonchev–Trinajstić information content (AvgIpc) is 2.76. The number of benzene rings is 2. The van der Waals surface area contributed by atoms with Crippen molar-refractivity contribution >= 4 is 0 Å². The van der Waals surface area contributed by atoms with Crippen molar-refractivity contribution in [3.8, 4) is 16.9 Å². The quantitative estimate of drug-likeness (QED) is 0.455. The van der Waals surface area contributed by atoms with E-state index in [1.807, 2.05) is 24.3 Å². The molecule has 2 nitrogen and oxygen atoms in total. The summed E-state index contributed by atoms with van der Waals surface area (Å²) in [4.78, 5) is 0. The van der Waals surface area contributed by atoms with Gasteiger partial charge in [-0.05, 0) is 42.5 Å². The second kappa shape index (κ2) is 10.4. The Morgan fingerprint density at radius 1 is 1.10 bits per heavy atom. The van der Waals surface area contributed by atoms with Crippen LogP contribution >= 0.6 is 0 Å². The average molecular weight is 398 g/mol. The molecule has 1 fully saturated rings. The fourth-order valence-corrected chi connectivity index (χ4v) is 3.55. The molecule has 1 saturated heterocycles. The Hall–Kier alpha value is -2.46. The van der Waals surface area contributed by atoms with Crippen LogP contribution in [0.3, 0.4) is 0 Å². The van der Waals surface area contributed by atoms with Crippen LogP contribution in [0.5, 0.6) is 5.75 Å². The van der Waals surface area contributed by atoms with E-state index < -0.39 is 11.6 Å². The Morgan fingerprint density at radius 3 is 2.55 bits per heavy atom. The van der Waals surface area contributed by atoms with E-state index in [4.69, 9.17) is 9.47 Å². The second-order valence-corrected chi connectivity index (χ2v) is 7.32. The van der Waals surface area contributed by atoms with E-state index >= 15 is 0 Å². The number of hydrogen-bond donors (Lipinski definition) is 0. The zero-order valence-corrected chi connectivity index (χ0v) is 16.9. The van der Waals surface area contributed by atoms with Crippen LogP contribution in [0.1, 0.15) is 44.1 Å². The maximum absolute atomic E-state index is 14.5. The summed E-state index contributed by atoms with van der Waals surface area (Å²) in [6, 6.07) is 10.6. The van der Waals surface area contributed by atoms with Crippen LogP contribution in [0, 0.1) is 11.6 Å². The third-order valence-electron chi connectivity index (χ3n) is 5.21. The molecule has 1 heterocycles. The van der Waals surface area contributed by atoms with Crippen LogP contribution in [-0.4, -0.2) is 19.3 Å². The van der Waals surface area contributed by atoms with E-state index in [-0.39, 0.29) is 24.0 Å². The Morgan fingerprint density at radius 2 is 1.90 bits per heavy atom. The zero-order chi connectivity index (χ0) is 20.6. The van der Waals surface area contributed by atoms with Crippen LogP contribution < -0.4 is 4.74 Å². The molecular formula is C25H28F2O2. The number of ether oxygens (including phenoxy) is 2. The van der Waals surface area contributed by atoms with Gasteiger partial charge in [-0.1, -0.05) is 62.4 Å². The van der Waals surface area contributed by atoms with Crippen molar-refractivity contribution in [3.63, 3.8) is 0 Å². The van der Waals surface area contributed by atoms with Crippen LogP contribution in [0.25, 0.3) is 11.1 Å². The largest absolute Gasteiger partial charge is 0.486 e. The first-order valence-electron chi connectivity index (χ1n) is 10.2. The number of unbranched alkanes of at least 4 members (excludes halogenated alkanes) is 1. The van der Waals surface area contributed by atoms with E-state index in [2.05, 4.69) is 25.7 Å². The summed E-state index contributed by atoms with van der Waals surface area (Å²) < 4.78 is 39.8. The minimum absolute atomic E-state index is 0.107. The standard InChI is InChI=1S/C25H28F2O2/c1-3-5-6-7-21-13-12-20(17-29-21)18-8-10-19(11-9-18)22-14-15-23(28-16-4-2)25(27)24(22)26/h4,6-11,14-15,20-21H,2-3,5,12-13,16-17H2,1H3/b7-6+. The first-order valence-corrected chi connectivity index (χ1v) is 10.2. The first-order chi connectivity index (χ1) is 14.1. The van der Waals surface area contributed by atoms with Gasteiger partial charge in [-0.2, -0.15) is 4.39 Å². The Bertz CT molecular complexity index is 835. The molecule has 2 aromatic rings. The highest BCUT2D eigenvalue weighted by Crippen LogP contribution is 2.33. The third kappa shape index (κ3) is 5.33.